The molecular weight excluding hydrogens is 427 g/mol. The van der Waals surface area contributed by atoms with Crippen LogP contribution in [0.15, 0.2) is 65.8 Å². The van der Waals surface area contributed by atoms with E-state index in [1.807, 2.05) is 0 Å². The summed E-state index contributed by atoms with van der Waals surface area (Å²) in [5.41, 5.74) is 1.84. The van der Waals surface area contributed by atoms with E-state index in [0.717, 1.165) is 0 Å². The maximum Gasteiger partial charge on any atom is 0.264 e. The van der Waals surface area contributed by atoms with E-state index in [2.05, 4.69) is 20.7 Å². The highest BCUT2D eigenvalue weighted by molar-refractivity contribution is 5.95. The number of nitrogens with one attached hydrogen (secondary N) is 2. The molecule has 0 saturated heterocycles. The molecule has 2 N–H and O–H groups in total. The van der Waals surface area contributed by atoms with E-state index in [0.29, 0.717) is 34.4 Å². The van der Waals surface area contributed by atoms with Crippen molar-refractivity contribution in [1.82, 2.24) is 24.6 Å². The molecule has 4 rings (SSSR count). The van der Waals surface area contributed by atoms with Gasteiger partial charge in [-0.3, -0.25) is 19.0 Å². The number of nitrogens with zero attached hydrogens (tertiary/aromatic N) is 4. The third-order valence-electron chi connectivity index (χ3n) is 4.94. The van der Waals surface area contributed by atoms with Crippen LogP contribution in [-0.4, -0.2) is 37.7 Å². The fraction of sp³-hybridized carbons (Fsp3) is 0.174. The number of benzene rings is 2. The van der Waals surface area contributed by atoms with Gasteiger partial charge in [0, 0.05) is 24.7 Å². The molecule has 0 spiro atoms. The SMILES string of the molecule is CC(=O)Nc1ccc(C(=O)NCCn2ncc3c(=O)n(Cc4cccc(F)c4)cnc32)cc1. The van der Waals surface area contributed by atoms with Gasteiger partial charge in [-0.2, -0.15) is 5.10 Å². The molecule has 9 nitrogen and oxygen atoms in total. The second-order valence-electron chi connectivity index (χ2n) is 7.43. The molecule has 2 heterocycles. The summed E-state index contributed by atoms with van der Waals surface area (Å²) in [7, 11) is 0. The summed E-state index contributed by atoms with van der Waals surface area (Å²) in [5.74, 6) is -0.827. The maximum atomic E-state index is 13.4. The van der Waals surface area contributed by atoms with Crippen molar-refractivity contribution in [2.45, 2.75) is 20.0 Å². The Bertz CT molecular complexity index is 1380. The molecule has 0 aliphatic rings. The summed E-state index contributed by atoms with van der Waals surface area (Å²) in [4.78, 5) is 40.5. The van der Waals surface area contributed by atoms with E-state index in [-0.39, 0.29) is 36.3 Å². The predicted molar refractivity (Wildman–Crippen MR) is 120 cm³/mol. The Morgan fingerprint density at radius 3 is 2.64 bits per heavy atom. The van der Waals surface area contributed by atoms with E-state index >= 15 is 0 Å². The average Bonchev–Trinajstić information content (AvgIpc) is 3.19. The third-order valence-corrected chi connectivity index (χ3v) is 4.94. The Labute approximate surface area is 187 Å². The number of carbonyl (C=O) groups is 2. The first-order valence-corrected chi connectivity index (χ1v) is 10.2. The second kappa shape index (κ2) is 9.43. The maximum absolute atomic E-state index is 13.4. The predicted octanol–water partition coefficient (Wildman–Crippen LogP) is 2.17. The summed E-state index contributed by atoms with van der Waals surface area (Å²) in [5, 5.41) is 9.99. The highest BCUT2D eigenvalue weighted by atomic mass is 19.1. The Balaban J connectivity index is 1.40. The van der Waals surface area contributed by atoms with E-state index in [4.69, 9.17) is 0 Å². The Morgan fingerprint density at radius 1 is 1.12 bits per heavy atom. The monoisotopic (exact) mass is 448 g/mol. The van der Waals surface area contributed by atoms with Gasteiger partial charge in [-0.15, -0.1) is 0 Å². The van der Waals surface area contributed by atoms with Crippen LogP contribution in [0.2, 0.25) is 0 Å². The number of hydrogen-bond donors (Lipinski definition) is 2. The van der Waals surface area contributed by atoms with E-state index < -0.39 is 0 Å². The lowest BCUT2D eigenvalue weighted by Crippen LogP contribution is -2.27. The van der Waals surface area contributed by atoms with Crippen LogP contribution in [0.1, 0.15) is 22.8 Å². The highest BCUT2D eigenvalue weighted by Crippen LogP contribution is 2.10. The minimum Gasteiger partial charge on any atom is -0.350 e. The highest BCUT2D eigenvalue weighted by Gasteiger charge is 2.11. The molecule has 2 amide bonds. The van der Waals surface area contributed by atoms with Crippen molar-refractivity contribution < 1.29 is 14.0 Å². The Kier molecular flexibility index (Phi) is 6.25. The van der Waals surface area contributed by atoms with Gasteiger partial charge in [-0.05, 0) is 42.0 Å². The van der Waals surface area contributed by atoms with Crippen LogP contribution in [0, 0.1) is 5.82 Å². The molecule has 168 valence electrons. The molecule has 0 radical (unpaired) electrons. The van der Waals surface area contributed by atoms with Crippen LogP contribution >= 0.6 is 0 Å². The van der Waals surface area contributed by atoms with Gasteiger partial charge >= 0.3 is 0 Å². The van der Waals surface area contributed by atoms with Crippen molar-refractivity contribution in [1.29, 1.82) is 0 Å². The summed E-state index contributed by atoms with van der Waals surface area (Å²) in [6, 6.07) is 12.6. The number of rotatable bonds is 7. The van der Waals surface area contributed by atoms with Gasteiger partial charge in [0.05, 0.1) is 19.3 Å². The molecule has 0 saturated carbocycles. The number of amides is 2. The van der Waals surface area contributed by atoms with Crippen molar-refractivity contribution in [3.05, 3.63) is 88.4 Å². The van der Waals surface area contributed by atoms with Crippen LogP contribution in [0.5, 0.6) is 0 Å². The fourth-order valence-corrected chi connectivity index (χ4v) is 3.39. The number of hydrogen-bond acceptors (Lipinski definition) is 5. The molecule has 2 aromatic heterocycles. The van der Waals surface area contributed by atoms with Crippen molar-refractivity contribution in [3.63, 3.8) is 0 Å². The van der Waals surface area contributed by atoms with Crippen molar-refractivity contribution in [3.8, 4) is 0 Å². The summed E-state index contributed by atoms with van der Waals surface area (Å²) in [6.45, 7) is 2.20. The first-order chi connectivity index (χ1) is 15.9. The molecule has 0 atom stereocenters. The zero-order chi connectivity index (χ0) is 23.4. The van der Waals surface area contributed by atoms with E-state index in [1.54, 1.807) is 41.1 Å². The van der Waals surface area contributed by atoms with Crippen molar-refractivity contribution in [2.24, 2.45) is 0 Å². The molecule has 4 aromatic rings. The van der Waals surface area contributed by atoms with E-state index in [1.165, 1.54) is 36.1 Å². The lowest BCUT2D eigenvalue weighted by atomic mass is 10.2. The molecule has 33 heavy (non-hydrogen) atoms. The minimum absolute atomic E-state index is 0.187. The summed E-state index contributed by atoms with van der Waals surface area (Å²) < 4.78 is 16.4. The lowest BCUT2D eigenvalue weighted by Gasteiger charge is -2.08. The number of aromatic nitrogens is 4. The lowest BCUT2D eigenvalue weighted by molar-refractivity contribution is -0.114. The quantitative estimate of drug-likeness (QED) is 0.450. The molecule has 0 aliphatic carbocycles. The van der Waals surface area contributed by atoms with Gasteiger partial charge in [0.15, 0.2) is 5.65 Å². The van der Waals surface area contributed by atoms with Crippen LogP contribution < -0.4 is 16.2 Å². The molecule has 0 fully saturated rings. The molecule has 0 bridgehead atoms. The first kappa shape index (κ1) is 21.9. The average molecular weight is 448 g/mol. The molecule has 2 aromatic carbocycles. The molecule has 0 unspecified atom stereocenters. The molecule has 10 heteroatoms. The third kappa shape index (κ3) is 5.12. The van der Waals surface area contributed by atoms with Crippen LogP contribution in [-0.2, 0) is 17.9 Å². The van der Waals surface area contributed by atoms with Gasteiger partial charge in [-0.25, -0.2) is 14.1 Å². The Hall–Kier alpha value is -4.34. The standard InChI is InChI=1S/C23H21FN6O3/c1-15(31)28-19-7-5-17(6-8-19)22(32)25-9-10-30-21-20(12-27-30)23(33)29(14-26-21)13-16-3-2-4-18(24)11-16/h2-8,11-12,14H,9-10,13H2,1H3,(H,25,32)(H,28,31). The minimum atomic E-state index is -0.367. The van der Waals surface area contributed by atoms with Crippen molar-refractivity contribution >= 4 is 28.5 Å². The van der Waals surface area contributed by atoms with Gasteiger partial charge in [0.25, 0.3) is 11.5 Å². The van der Waals surface area contributed by atoms with Gasteiger partial charge < -0.3 is 10.6 Å². The summed E-state index contributed by atoms with van der Waals surface area (Å²) in [6.07, 6.45) is 2.85. The fourth-order valence-electron chi connectivity index (χ4n) is 3.39. The first-order valence-electron chi connectivity index (χ1n) is 10.2. The largest absolute Gasteiger partial charge is 0.350 e. The van der Waals surface area contributed by atoms with Crippen molar-refractivity contribution in [2.75, 3.05) is 11.9 Å². The van der Waals surface area contributed by atoms with Crippen LogP contribution in [0.4, 0.5) is 10.1 Å². The zero-order valence-electron chi connectivity index (χ0n) is 17.8. The number of halogens is 1. The number of anilines is 1. The number of fused-ring (bicyclic) bond motifs is 1. The molecule has 0 aliphatic heterocycles. The molecular formula is C23H21FN6O3. The van der Waals surface area contributed by atoms with Crippen LogP contribution in [0.25, 0.3) is 11.0 Å². The van der Waals surface area contributed by atoms with Gasteiger partial charge in [-0.1, -0.05) is 12.1 Å². The second-order valence-corrected chi connectivity index (χ2v) is 7.43. The Morgan fingerprint density at radius 2 is 1.91 bits per heavy atom. The smallest absolute Gasteiger partial charge is 0.264 e. The van der Waals surface area contributed by atoms with Gasteiger partial charge in [0.2, 0.25) is 5.91 Å². The topological polar surface area (TPSA) is 111 Å². The summed E-state index contributed by atoms with van der Waals surface area (Å²) >= 11 is 0. The normalized spacial score (nSPS) is 10.8. The number of carbonyl (C=O) groups excluding carboxylic acids is 2. The van der Waals surface area contributed by atoms with E-state index in [9.17, 15) is 18.8 Å². The van der Waals surface area contributed by atoms with Crippen LogP contribution in [0.3, 0.4) is 0 Å². The van der Waals surface area contributed by atoms with Gasteiger partial charge in [0.1, 0.15) is 17.5 Å². The zero-order valence-corrected chi connectivity index (χ0v) is 17.8.